The van der Waals surface area contributed by atoms with E-state index in [-0.39, 0.29) is 16.7 Å². The molecular formula is C13H18BrNO. The van der Waals surface area contributed by atoms with Crippen LogP contribution < -0.4 is 5.32 Å². The third kappa shape index (κ3) is 3.63. The maximum absolute atomic E-state index is 11.8. The molecule has 1 atom stereocenters. The number of hydrogen-bond acceptors (Lipinski definition) is 1. The summed E-state index contributed by atoms with van der Waals surface area (Å²) in [7, 11) is 0. The van der Waals surface area contributed by atoms with Crippen LogP contribution in [0, 0.1) is 5.92 Å². The third-order valence-corrected chi connectivity index (χ3v) is 3.94. The molecule has 0 radical (unpaired) electrons. The molecule has 1 amide bonds. The molecule has 0 aliphatic heterocycles. The number of carbonyl (C=O) groups excluding carboxylic acids is 1. The van der Waals surface area contributed by atoms with Gasteiger partial charge < -0.3 is 5.32 Å². The Hall–Kier alpha value is -0.830. The molecule has 88 valence electrons. The summed E-state index contributed by atoms with van der Waals surface area (Å²) in [6.45, 7) is 6.14. The van der Waals surface area contributed by atoms with Crippen molar-refractivity contribution in [3.8, 4) is 0 Å². The maximum Gasteiger partial charge on any atom is 0.238 e. The van der Waals surface area contributed by atoms with E-state index in [1.54, 1.807) is 0 Å². The molecular weight excluding hydrogens is 266 g/mol. The first-order valence-electron chi connectivity index (χ1n) is 5.58. The van der Waals surface area contributed by atoms with Crippen molar-refractivity contribution >= 4 is 27.5 Å². The van der Waals surface area contributed by atoms with Crippen LogP contribution in [0.1, 0.15) is 26.3 Å². The summed E-state index contributed by atoms with van der Waals surface area (Å²) < 4.78 is 0. The van der Waals surface area contributed by atoms with E-state index in [1.165, 1.54) is 5.56 Å². The van der Waals surface area contributed by atoms with Crippen molar-refractivity contribution in [1.82, 2.24) is 0 Å². The molecule has 0 aliphatic rings. The molecule has 0 heterocycles. The predicted molar refractivity (Wildman–Crippen MR) is 72.0 cm³/mol. The zero-order valence-electron chi connectivity index (χ0n) is 9.96. The van der Waals surface area contributed by atoms with Crippen molar-refractivity contribution in [2.24, 2.45) is 5.92 Å². The van der Waals surface area contributed by atoms with Crippen molar-refractivity contribution in [3.63, 3.8) is 0 Å². The fourth-order valence-corrected chi connectivity index (χ4v) is 1.45. The second kappa shape index (κ2) is 6.04. The van der Waals surface area contributed by atoms with Crippen molar-refractivity contribution < 1.29 is 4.79 Å². The number of benzene rings is 1. The zero-order valence-corrected chi connectivity index (χ0v) is 11.5. The lowest BCUT2D eigenvalue weighted by atomic mass is 10.1. The molecule has 2 nitrogen and oxygen atoms in total. The van der Waals surface area contributed by atoms with Crippen LogP contribution in [0.15, 0.2) is 24.3 Å². The number of carbonyl (C=O) groups is 1. The molecule has 1 aromatic carbocycles. The zero-order chi connectivity index (χ0) is 12.1. The number of anilines is 1. The van der Waals surface area contributed by atoms with E-state index in [0.717, 1.165) is 12.1 Å². The topological polar surface area (TPSA) is 29.1 Å². The average molecular weight is 284 g/mol. The molecule has 16 heavy (non-hydrogen) atoms. The van der Waals surface area contributed by atoms with Gasteiger partial charge in [0, 0.05) is 5.69 Å². The third-order valence-electron chi connectivity index (χ3n) is 2.47. The Morgan fingerprint density at radius 3 is 2.31 bits per heavy atom. The molecule has 1 aromatic rings. The second-order valence-electron chi connectivity index (χ2n) is 4.19. The maximum atomic E-state index is 11.8. The lowest BCUT2D eigenvalue weighted by Gasteiger charge is -2.13. The summed E-state index contributed by atoms with van der Waals surface area (Å²) >= 11 is 3.38. The largest absolute Gasteiger partial charge is 0.325 e. The number of alkyl halides is 1. The quantitative estimate of drug-likeness (QED) is 0.841. The molecule has 0 aliphatic carbocycles. The Balaban J connectivity index is 2.62. The Morgan fingerprint density at radius 1 is 1.31 bits per heavy atom. The number of aryl methyl sites for hydroxylation is 1. The van der Waals surface area contributed by atoms with Crippen molar-refractivity contribution in [2.45, 2.75) is 32.0 Å². The van der Waals surface area contributed by atoms with Gasteiger partial charge in [0.15, 0.2) is 0 Å². The smallest absolute Gasteiger partial charge is 0.238 e. The minimum absolute atomic E-state index is 0.0132. The number of nitrogens with one attached hydrogen (secondary N) is 1. The Kier molecular flexibility index (Phi) is 5.00. The number of hydrogen-bond donors (Lipinski definition) is 1. The molecule has 0 spiro atoms. The van der Waals surface area contributed by atoms with E-state index in [4.69, 9.17) is 0 Å². The van der Waals surface area contributed by atoms with E-state index in [9.17, 15) is 4.79 Å². The highest BCUT2D eigenvalue weighted by Crippen LogP contribution is 2.16. The standard InChI is InChI=1S/C13H18BrNO/c1-4-10-5-7-11(8-6-10)15-13(16)12(14)9(2)3/h5-9,12H,4H2,1-3H3,(H,15,16). The molecule has 0 fully saturated rings. The van der Waals surface area contributed by atoms with Gasteiger partial charge in [-0.3, -0.25) is 4.79 Å². The first-order valence-corrected chi connectivity index (χ1v) is 6.50. The molecule has 1 unspecified atom stereocenters. The number of amides is 1. The van der Waals surface area contributed by atoms with Crippen LogP contribution >= 0.6 is 15.9 Å². The van der Waals surface area contributed by atoms with Crippen molar-refractivity contribution in [1.29, 1.82) is 0 Å². The van der Waals surface area contributed by atoms with Gasteiger partial charge in [0.05, 0.1) is 4.83 Å². The first kappa shape index (κ1) is 13.2. The van der Waals surface area contributed by atoms with Crippen LogP contribution in [-0.2, 0) is 11.2 Å². The van der Waals surface area contributed by atoms with E-state index in [0.29, 0.717) is 0 Å². The lowest BCUT2D eigenvalue weighted by molar-refractivity contribution is -0.116. The fraction of sp³-hybridized carbons (Fsp3) is 0.462. The van der Waals surface area contributed by atoms with Crippen LogP contribution in [0.4, 0.5) is 5.69 Å². The summed E-state index contributed by atoms with van der Waals surface area (Å²) in [4.78, 5) is 11.6. The highest BCUT2D eigenvalue weighted by atomic mass is 79.9. The van der Waals surface area contributed by atoms with Gasteiger partial charge in [0.1, 0.15) is 0 Å². The summed E-state index contributed by atoms with van der Waals surface area (Å²) in [5.41, 5.74) is 2.13. The van der Waals surface area contributed by atoms with Crippen LogP contribution in [-0.4, -0.2) is 10.7 Å². The fourth-order valence-electron chi connectivity index (χ4n) is 1.34. The average Bonchev–Trinajstić information content (AvgIpc) is 2.28. The van der Waals surface area contributed by atoms with Crippen LogP contribution in [0.2, 0.25) is 0 Å². The summed E-state index contributed by atoms with van der Waals surface area (Å²) in [6.07, 6.45) is 1.02. The summed E-state index contributed by atoms with van der Waals surface area (Å²) in [5.74, 6) is 0.300. The predicted octanol–water partition coefficient (Wildman–Crippen LogP) is 3.61. The Morgan fingerprint density at radius 2 is 1.88 bits per heavy atom. The van der Waals surface area contributed by atoms with Crippen LogP contribution in [0.25, 0.3) is 0 Å². The molecule has 0 saturated heterocycles. The highest BCUT2D eigenvalue weighted by molar-refractivity contribution is 9.10. The van der Waals surface area contributed by atoms with E-state index in [1.807, 2.05) is 38.1 Å². The SMILES string of the molecule is CCc1ccc(NC(=O)C(Br)C(C)C)cc1. The Bertz CT molecular complexity index is 345. The van der Waals surface area contributed by atoms with Gasteiger partial charge in [-0.15, -0.1) is 0 Å². The van der Waals surface area contributed by atoms with Crippen LogP contribution in [0.5, 0.6) is 0 Å². The van der Waals surface area contributed by atoms with E-state index in [2.05, 4.69) is 28.2 Å². The molecule has 3 heteroatoms. The first-order chi connectivity index (χ1) is 7.54. The molecule has 0 aromatic heterocycles. The second-order valence-corrected chi connectivity index (χ2v) is 5.17. The number of halogens is 1. The lowest BCUT2D eigenvalue weighted by Crippen LogP contribution is -2.26. The van der Waals surface area contributed by atoms with E-state index >= 15 is 0 Å². The molecule has 0 bridgehead atoms. The van der Waals surface area contributed by atoms with Crippen molar-refractivity contribution in [2.75, 3.05) is 5.32 Å². The Labute approximate surface area is 106 Å². The minimum Gasteiger partial charge on any atom is -0.325 e. The van der Waals surface area contributed by atoms with E-state index < -0.39 is 0 Å². The van der Waals surface area contributed by atoms with Gasteiger partial charge in [0.2, 0.25) is 5.91 Å². The minimum atomic E-state index is -0.140. The molecule has 1 rings (SSSR count). The van der Waals surface area contributed by atoms with Crippen LogP contribution in [0.3, 0.4) is 0 Å². The van der Waals surface area contributed by atoms with Crippen molar-refractivity contribution in [3.05, 3.63) is 29.8 Å². The molecule has 1 N–H and O–H groups in total. The summed E-state index contributed by atoms with van der Waals surface area (Å²) in [6, 6.07) is 7.95. The van der Waals surface area contributed by atoms with Gasteiger partial charge >= 0.3 is 0 Å². The highest BCUT2D eigenvalue weighted by Gasteiger charge is 2.18. The van der Waals surface area contributed by atoms with Gasteiger partial charge in [-0.05, 0) is 30.0 Å². The van der Waals surface area contributed by atoms with Gasteiger partial charge in [-0.2, -0.15) is 0 Å². The normalized spacial score (nSPS) is 12.6. The van der Waals surface area contributed by atoms with Gasteiger partial charge in [-0.1, -0.05) is 48.8 Å². The monoisotopic (exact) mass is 283 g/mol. The van der Waals surface area contributed by atoms with Gasteiger partial charge in [-0.25, -0.2) is 0 Å². The summed E-state index contributed by atoms with van der Waals surface area (Å²) in [5, 5.41) is 2.89. The number of rotatable bonds is 4. The molecule has 0 saturated carbocycles. The van der Waals surface area contributed by atoms with Gasteiger partial charge in [0.25, 0.3) is 0 Å².